The highest BCUT2D eigenvalue weighted by Crippen LogP contribution is 2.34. The topological polar surface area (TPSA) is 29.3 Å². The third-order valence-corrected chi connectivity index (χ3v) is 4.19. The lowest BCUT2D eigenvalue weighted by Crippen LogP contribution is -2.44. The highest BCUT2D eigenvalue weighted by Gasteiger charge is 2.29. The lowest BCUT2D eigenvalue weighted by Gasteiger charge is -2.41. The van der Waals surface area contributed by atoms with Crippen LogP contribution < -0.4 is 5.73 Å². The van der Waals surface area contributed by atoms with E-state index in [1.807, 2.05) is 0 Å². The summed E-state index contributed by atoms with van der Waals surface area (Å²) in [4.78, 5) is 2.61. The van der Waals surface area contributed by atoms with Crippen molar-refractivity contribution in [2.24, 2.45) is 11.1 Å². The van der Waals surface area contributed by atoms with Crippen molar-refractivity contribution in [1.82, 2.24) is 4.90 Å². The van der Waals surface area contributed by atoms with Crippen molar-refractivity contribution in [3.63, 3.8) is 0 Å². The maximum atomic E-state index is 5.85. The van der Waals surface area contributed by atoms with Gasteiger partial charge in [-0.15, -0.1) is 0 Å². The summed E-state index contributed by atoms with van der Waals surface area (Å²) in [6.45, 7) is 11.7. The average molecular weight is 212 g/mol. The van der Waals surface area contributed by atoms with Crippen molar-refractivity contribution in [2.75, 3.05) is 13.1 Å². The quantitative estimate of drug-likeness (QED) is 0.776. The second kappa shape index (κ2) is 5.31. The van der Waals surface area contributed by atoms with E-state index < -0.39 is 0 Å². The van der Waals surface area contributed by atoms with Gasteiger partial charge in [0.1, 0.15) is 0 Å². The molecule has 0 spiro atoms. The highest BCUT2D eigenvalue weighted by molar-refractivity contribution is 4.84. The Kier molecular flexibility index (Phi) is 4.60. The van der Waals surface area contributed by atoms with Crippen LogP contribution in [-0.4, -0.2) is 30.1 Å². The largest absolute Gasteiger partial charge is 0.328 e. The molecule has 2 atom stereocenters. The van der Waals surface area contributed by atoms with Crippen LogP contribution in [0.15, 0.2) is 0 Å². The van der Waals surface area contributed by atoms with Gasteiger partial charge in [0.2, 0.25) is 0 Å². The van der Waals surface area contributed by atoms with E-state index in [0.717, 1.165) is 6.42 Å². The number of hydrogen-bond acceptors (Lipinski definition) is 2. The number of likely N-dealkylation sites (tertiary alicyclic amines) is 1. The van der Waals surface area contributed by atoms with Gasteiger partial charge in [-0.05, 0) is 51.6 Å². The molecule has 0 amide bonds. The van der Waals surface area contributed by atoms with Crippen LogP contribution in [0.5, 0.6) is 0 Å². The van der Waals surface area contributed by atoms with Gasteiger partial charge < -0.3 is 10.6 Å². The maximum Gasteiger partial charge on any atom is 0.00815 e. The van der Waals surface area contributed by atoms with Gasteiger partial charge in [-0.1, -0.05) is 20.3 Å². The van der Waals surface area contributed by atoms with Gasteiger partial charge in [0, 0.05) is 12.1 Å². The number of nitrogens with zero attached hydrogens (tertiary/aromatic N) is 1. The van der Waals surface area contributed by atoms with E-state index in [9.17, 15) is 0 Å². The Morgan fingerprint density at radius 3 is 2.20 bits per heavy atom. The average Bonchev–Trinajstić information content (AvgIpc) is 2.18. The molecule has 0 aliphatic carbocycles. The number of rotatable bonds is 4. The molecule has 1 aliphatic heterocycles. The van der Waals surface area contributed by atoms with Crippen molar-refractivity contribution < 1.29 is 0 Å². The first-order valence-corrected chi connectivity index (χ1v) is 6.46. The van der Waals surface area contributed by atoms with Crippen LogP contribution in [0.3, 0.4) is 0 Å². The molecule has 2 nitrogen and oxygen atoms in total. The van der Waals surface area contributed by atoms with Crippen LogP contribution in [0.4, 0.5) is 0 Å². The Morgan fingerprint density at radius 1 is 1.27 bits per heavy atom. The molecule has 0 aromatic carbocycles. The zero-order valence-electron chi connectivity index (χ0n) is 10.9. The molecule has 0 bridgehead atoms. The molecule has 2 heteroatoms. The van der Waals surface area contributed by atoms with Gasteiger partial charge in [0.05, 0.1) is 0 Å². The summed E-state index contributed by atoms with van der Waals surface area (Å²) in [7, 11) is 0. The highest BCUT2D eigenvalue weighted by atomic mass is 15.2. The molecule has 0 aromatic heterocycles. The molecule has 1 heterocycles. The fourth-order valence-corrected chi connectivity index (χ4v) is 2.55. The molecule has 2 N–H and O–H groups in total. The lowest BCUT2D eigenvalue weighted by molar-refractivity contribution is 0.0816. The third-order valence-electron chi connectivity index (χ3n) is 4.19. The normalized spacial score (nSPS) is 26.2. The van der Waals surface area contributed by atoms with Gasteiger partial charge in [0.15, 0.2) is 0 Å². The van der Waals surface area contributed by atoms with Crippen molar-refractivity contribution in [2.45, 2.75) is 65.5 Å². The first-order chi connectivity index (χ1) is 6.97. The van der Waals surface area contributed by atoms with E-state index >= 15 is 0 Å². The molecular weight excluding hydrogens is 184 g/mol. The van der Waals surface area contributed by atoms with Crippen LogP contribution in [0.1, 0.15) is 53.4 Å². The van der Waals surface area contributed by atoms with E-state index in [1.54, 1.807) is 0 Å². The lowest BCUT2D eigenvalue weighted by atomic mass is 9.78. The predicted octanol–water partition coefficient (Wildman–Crippen LogP) is 2.62. The maximum absolute atomic E-state index is 5.85. The molecular formula is C13H28N2. The molecule has 2 unspecified atom stereocenters. The van der Waals surface area contributed by atoms with Crippen molar-refractivity contribution >= 4 is 0 Å². The molecule has 1 aliphatic rings. The Balaban J connectivity index is 2.36. The smallest absolute Gasteiger partial charge is 0.00815 e. The standard InChI is InChI=1S/C13H28N2/c1-5-13(4)6-8-15(9-7-13)12(3)10-11(2)14/h11-12H,5-10,14H2,1-4H3. The van der Waals surface area contributed by atoms with Gasteiger partial charge in [-0.2, -0.15) is 0 Å². The van der Waals surface area contributed by atoms with E-state index in [1.165, 1.54) is 32.4 Å². The van der Waals surface area contributed by atoms with Crippen LogP contribution in [0, 0.1) is 5.41 Å². The summed E-state index contributed by atoms with van der Waals surface area (Å²) in [5, 5.41) is 0. The minimum atomic E-state index is 0.333. The molecule has 0 aromatic rings. The Morgan fingerprint density at radius 2 is 1.80 bits per heavy atom. The number of hydrogen-bond donors (Lipinski definition) is 1. The fourth-order valence-electron chi connectivity index (χ4n) is 2.55. The zero-order valence-corrected chi connectivity index (χ0v) is 10.9. The van der Waals surface area contributed by atoms with Crippen LogP contribution in [-0.2, 0) is 0 Å². The van der Waals surface area contributed by atoms with Gasteiger partial charge in [-0.3, -0.25) is 0 Å². The van der Waals surface area contributed by atoms with Gasteiger partial charge >= 0.3 is 0 Å². The molecule has 15 heavy (non-hydrogen) atoms. The predicted molar refractivity (Wildman–Crippen MR) is 66.9 cm³/mol. The van der Waals surface area contributed by atoms with Crippen molar-refractivity contribution in [3.8, 4) is 0 Å². The zero-order chi connectivity index (χ0) is 11.5. The molecule has 90 valence electrons. The summed E-state index contributed by atoms with van der Waals surface area (Å²) >= 11 is 0. The second-order valence-corrected chi connectivity index (χ2v) is 5.76. The molecule has 1 saturated heterocycles. The van der Waals surface area contributed by atoms with Gasteiger partial charge in [-0.25, -0.2) is 0 Å². The monoisotopic (exact) mass is 212 g/mol. The molecule has 0 radical (unpaired) electrons. The van der Waals surface area contributed by atoms with Crippen LogP contribution in [0.25, 0.3) is 0 Å². The summed E-state index contributed by atoms with van der Waals surface area (Å²) in [6, 6.07) is 0.992. The first-order valence-electron chi connectivity index (χ1n) is 6.46. The molecule has 0 saturated carbocycles. The first kappa shape index (κ1) is 13.0. The van der Waals surface area contributed by atoms with E-state index in [-0.39, 0.29) is 0 Å². The Labute approximate surface area is 95.2 Å². The Bertz CT molecular complexity index is 181. The van der Waals surface area contributed by atoms with E-state index in [2.05, 4.69) is 32.6 Å². The van der Waals surface area contributed by atoms with Crippen molar-refractivity contribution in [3.05, 3.63) is 0 Å². The Hall–Kier alpha value is -0.0800. The van der Waals surface area contributed by atoms with E-state index in [0.29, 0.717) is 17.5 Å². The minimum Gasteiger partial charge on any atom is -0.328 e. The SMILES string of the molecule is CCC1(C)CCN(C(C)CC(C)N)CC1. The van der Waals surface area contributed by atoms with Crippen LogP contribution >= 0.6 is 0 Å². The third kappa shape index (κ3) is 3.76. The summed E-state index contributed by atoms with van der Waals surface area (Å²) in [5.41, 5.74) is 6.45. The second-order valence-electron chi connectivity index (χ2n) is 5.76. The molecule has 1 fully saturated rings. The minimum absolute atomic E-state index is 0.333. The van der Waals surface area contributed by atoms with Gasteiger partial charge in [0.25, 0.3) is 0 Å². The fraction of sp³-hybridized carbons (Fsp3) is 1.00. The molecule has 1 rings (SSSR count). The number of piperidine rings is 1. The summed E-state index contributed by atoms with van der Waals surface area (Å²) < 4.78 is 0. The summed E-state index contributed by atoms with van der Waals surface area (Å²) in [6.07, 6.45) is 5.16. The number of nitrogens with two attached hydrogens (primary N) is 1. The van der Waals surface area contributed by atoms with Crippen LogP contribution in [0.2, 0.25) is 0 Å². The van der Waals surface area contributed by atoms with Crippen molar-refractivity contribution in [1.29, 1.82) is 0 Å². The van der Waals surface area contributed by atoms with E-state index in [4.69, 9.17) is 5.73 Å². The summed E-state index contributed by atoms with van der Waals surface area (Å²) in [5.74, 6) is 0.